The van der Waals surface area contributed by atoms with Gasteiger partial charge in [0.25, 0.3) is 0 Å². The van der Waals surface area contributed by atoms with Crippen LogP contribution in [-0.4, -0.2) is 0 Å². The van der Waals surface area contributed by atoms with Crippen LogP contribution in [0.25, 0.3) is 44.5 Å². The minimum atomic E-state index is -0.465. The average Bonchev–Trinajstić information content (AvgIpc) is 3.88. The Bertz CT molecular complexity index is 2950. The van der Waals surface area contributed by atoms with Gasteiger partial charge in [0, 0.05) is 0 Å². The molecular formula is C62H62. The van der Waals surface area contributed by atoms with Crippen molar-refractivity contribution in [1.29, 1.82) is 0 Å². The summed E-state index contributed by atoms with van der Waals surface area (Å²) in [5.41, 5.74) is 28.4. The molecule has 0 unspecified atom stereocenters. The van der Waals surface area contributed by atoms with Crippen LogP contribution in [0.4, 0.5) is 0 Å². The molecule has 0 saturated carbocycles. The fourth-order valence-electron chi connectivity index (χ4n) is 12.0. The predicted octanol–water partition coefficient (Wildman–Crippen LogP) is 16.1. The van der Waals surface area contributed by atoms with Crippen LogP contribution < -0.4 is 0 Å². The molecule has 310 valence electrons. The lowest BCUT2D eigenvalue weighted by Crippen LogP contribution is -2.28. The Morgan fingerprint density at radius 2 is 0.581 bits per heavy atom. The first kappa shape index (κ1) is 39.4. The lowest BCUT2D eigenvalue weighted by atomic mass is 9.67. The SMILES string of the molecule is CCc1ccc2c(c1)C1(c3cc(C(C)(C)C)ccc3-c3ccc(C(C)(C)C)cc31)c1cc3c(cc1-2)C1(c2ccccc2-3)c2cc(C(C)(C)C)ccc2-c2ccc(C(C)(C)C)cc21. The molecule has 0 radical (unpaired) electrons. The molecule has 0 fully saturated rings. The second-order valence-corrected chi connectivity index (χ2v) is 23.3. The fourth-order valence-corrected chi connectivity index (χ4v) is 12.0. The Morgan fingerprint density at radius 3 is 0.952 bits per heavy atom. The molecule has 0 amide bonds. The van der Waals surface area contributed by atoms with Crippen LogP contribution >= 0.6 is 0 Å². The Labute approximate surface area is 371 Å². The van der Waals surface area contributed by atoms with Gasteiger partial charge in [0.15, 0.2) is 0 Å². The maximum absolute atomic E-state index is 2.69. The molecule has 7 aromatic carbocycles. The topological polar surface area (TPSA) is 0 Å². The van der Waals surface area contributed by atoms with Crippen molar-refractivity contribution in [2.45, 2.75) is 129 Å². The van der Waals surface area contributed by atoms with Crippen LogP contribution in [0.1, 0.15) is 162 Å². The van der Waals surface area contributed by atoms with Crippen molar-refractivity contribution in [2.75, 3.05) is 0 Å². The average molecular weight is 807 g/mol. The van der Waals surface area contributed by atoms with E-state index in [1.807, 2.05) is 0 Å². The van der Waals surface area contributed by atoms with Gasteiger partial charge in [0.05, 0.1) is 10.8 Å². The highest BCUT2D eigenvalue weighted by molar-refractivity contribution is 6.01. The third-order valence-corrected chi connectivity index (χ3v) is 15.5. The monoisotopic (exact) mass is 806 g/mol. The summed E-state index contributed by atoms with van der Waals surface area (Å²) in [7, 11) is 0. The van der Waals surface area contributed by atoms with Crippen molar-refractivity contribution in [3.8, 4) is 44.5 Å². The lowest BCUT2D eigenvalue weighted by Gasteiger charge is -2.34. The van der Waals surface area contributed by atoms with Crippen LogP contribution in [0, 0.1) is 0 Å². The highest BCUT2D eigenvalue weighted by Gasteiger charge is 2.57. The Balaban J connectivity index is 1.31. The molecule has 0 nitrogen and oxygen atoms in total. The van der Waals surface area contributed by atoms with E-state index in [2.05, 4.69) is 217 Å². The molecule has 0 aromatic heterocycles. The van der Waals surface area contributed by atoms with E-state index in [4.69, 9.17) is 0 Å². The second kappa shape index (κ2) is 12.4. The summed E-state index contributed by atoms with van der Waals surface area (Å²) >= 11 is 0. The molecule has 11 rings (SSSR count). The predicted molar refractivity (Wildman–Crippen MR) is 263 cm³/mol. The van der Waals surface area contributed by atoms with E-state index in [-0.39, 0.29) is 21.7 Å². The molecule has 4 aliphatic rings. The molecule has 0 heterocycles. The molecule has 0 saturated heterocycles. The highest BCUT2D eigenvalue weighted by atomic mass is 14.6. The number of aryl methyl sites for hydroxylation is 1. The first-order valence-corrected chi connectivity index (χ1v) is 23.2. The van der Waals surface area contributed by atoms with E-state index < -0.39 is 10.8 Å². The minimum Gasteiger partial charge on any atom is -0.0619 e. The van der Waals surface area contributed by atoms with E-state index in [0.717, 1.165) is 6.42 Å². The van der Waals surface area contributed by atoms with Gasteiger partial charge in [-0.2, -0.15) is 0 Å². The van der Waals surface area contributed by atoms with Gasteiger partial charge in [-0.25, -0.2) is 0 Å². The van der Waals surface area contributed by atoms with E-state index >= 15 is 0 Å². The zero-order chi connectivity index (χ0) is 43.7. The zero-order valence-corrected chi connectivity index (χ0v) is 39.3. The standard InChI is InChI=1S/C62H62/c1-14-36-19-24-46-48-35-55-47(34-56(48)62(50(46)29-36)53-32-39(59(8,9)10)22-27-44(53)45-28-23-40(33-54(45)62)60(11,12)13)41-17-15-16-18-49(41)61(55)51-30-37(57(2,3)4)20-25-42(51)43-26-21-38(31-52(43)61)58(5,6)7/h15-35H,14H2,1-13H3. The molecular weight excluding hydrogens is 745 g/mol. The van der Waals surface area contributed by atoms with Crippen molar-refractivity contribution in [3.63, 3.8) is 0 Å². The third-order valence-electron chi connectivity index (χ3n) is 15.5. The van der Waals surface area contributed by atoms with Crippen LogP contribution in [0.5, 0.6) is 0 Å². The molecule has 0 atom stereocenters. The minimum absolute atomic E-state index is 0.00141. The number of fused-ring (bicyclic) bond motifs is 20. The van der Waals surface area contributed by atoms with Crippen LogP contribution in [0.2, 0.25) is 0 Å². The summed E-state index contributed by atoms with van der Waals surface area (Å²) in [6.07, 6.45) is 0.996. The van der Waals surface area contributed by atoms with Crippen LogP contribution in [0.15, 0.2) is 127 Å². The van der Waals surface area contributed by atoms with Gasteiger partial charge in [-0.1, -0.05) is 205 Å². The van der Waals surface area contributed by atoms with Gasteiger partial charge >= 0.3 is 0 Å². The summed E-state index contributed by atoms with van der Waals surface area (Å²) in [5, 5.41) is 0. The van der Waals surface area contributed by atoms with E-state index in [1.54, 1.807) is 0 Å². The van der Waals surface area contributed by atoms with Gasteiger partial charge < -0.3 is 0 Å². The Kier molecular flexibility index (Phi) is 7.86. The van der Waals surface area contributed by atoms with Crippen LogP contribution in [0.3, 0.4) is 0 Å². The molecule has 62 heavy (non-hydrogen) atoms. The van der Waals surface area contributed by atoms with Gasteiger partial charge in [0.2, 0.25) is 0 Å². The highest BCUT2D eigenvalue weighted by Crippen LogP contribution is 2.68. The van der Waals surface area contributed by atoms with Gasteiger partial charge in [-0.05, 0) is 157 Å². The molecule has 2 spiro atoms. The quantitative estimate of drug-likeness (QED) is 0.155. The summed E-state index contributed by atoms with van der Waals surface area (Å²) in [6, 6.07) is 52.0. The smallest absolute Gasteiger partial charge is 0.0619 e. The summed E-state index contributed by atoms with van der Waals surface area (Å²) in [6.45, 7) is 30.7. The molecule has 0 N–H and O–H groups in total. The van der Waals surface area contributed by atoms with Crippen molar-refractivity contribution >= 4 is 0 Å². The normalized spacial score (nSPS) is 15.8. The van der Waals surface area contributed by atoms with E-state index in [0.29, 0.717) is 0 Å². The second-order valence-electron chi connectivity index (χ2n) is 23.3. The maximum atomic E-state index is 2.69. The van der Waals surface area contributed by atoms with Crippen molar-refractivity contribution < 1.29 is 0 Å². The van der Waals surface area contributed by atoms with Crippen molar-refractivity contribution in [2.24, 2.45) is 0 Å². The molecule has 7 aromatic rings. The largest absolute Gasteiger partial charge is 0.0726 e. The van der Waals surface area contributed by atoms with Gasteiger partial charge in [-0.3, -0.25) is 0 Å². The van der Waals surface area contributed by atoms with E-state index in [9.17, 15) is 0 Å². The number of rotatable bonds is 1. The molecule has 0 heteroatoms. The van der Waals surface area contributed by atoms with Crippen LogP contribution in [-0.2, 0) is 38.9 Å². The Hall–Kier alpha value is -5.46. The molecule has 0 bridgehead atoms. The Morgan fingerprint density at radius 1 is 0.290 bits per heavy atom. The van der Waals surface area contributed by atoms with Crippen molar-refractivity contribution in [3.05, 3.63) is 200 Å². The molecule has 4 aliphatic carbocycles. The zero-order valence-electron chi connectivity index (χ0n) is 39.3. The van der Waals surface area contributed by atoms with Gasteiger partial charge in [0.1, 0.15) is 0 Å². The van der Waals surface area contributed by atoms with Crippen molar-refractivity contribution in [1.82, 2.24) is 0 Å². The van der Waals surface area contributed by atoms with Gasteiger partial charge in [-0.15, -0.1) is 0 Å². The van der Waals surface area contributed by atoms with E-state index in [1.165, 1.54) is 117 Å². The lowest BCUT2D eigenvalue weighted by molar-refractivity contribution is 0.586. The fraction of sp³-hybridized carbons (Fsp3) is 0.323. The first-order valence-electron chi connectivity index (χ1n) is 23.2. The summed E-state index contributed by atoms with van der Waals surface area (Å²) < 4.78 is 0. The summed E-state index contributed by atoms with van der Waals surface area (Å²) in [5.74, 6) is 0. The molecule has 0 aliphatic heterocycles. The number of hydrogen-bond donors (Lipinski definition) is 0. The first-order chi connectivity index (χ1) is 29.2. The third kappa shape index (κ3) is 5.02. The number of benzene rings is 7. The number of hydrogen-bond acceptors (Lipinski definition) is 0. The summed E-state index contributed by atoms with van der Waals surface area (Å²) in [4.78, 5) is 0. The maximum Gasteiger partial charge on any atom is 0.0726 e.